The molecule has 0 amide bonds. The molecule has 0 aliphatic rings. The summed E-state index contributed by atoms with van der Waals surface area (Å²) in [5.41, 5.74) is 6.35. The summed E-state index contributed by atoms with van der Waals surface area (Å²) >= 11 is 0. The summed E-state index contributed by atoms with van der Waals surface area (Å²) in [7, 11) is -1.95. The molecule has 0 fully saturated rings. The zero-order valence-electron chi connectivity index (χ0n) is 5.94. The Kier molecular flexibility index (Phi) is 2.97. The van der Waals surface area contributed by atoms with Crippen LogP contribution in [0.2, 0.25) is 0 Å². The monoisotopic (exact) mass is 171 g/mol. The van der Waals surface area contributed by atoms with Crippen LogP contribution in [0.1, 0.15) is 5.56 Å². The summed E-state index contributed by atoms with van der Waals surface area (Å²) in [6.07, 6.45) is 0. The predicted octanol–water partition coefficient (Wildman–Crippen LogP) is 0.0671. The van der Waals surface area contributed by atoms with Crippen molar-refractivity contribution >= 4 is 13.7 Å². The van der Waals surface area contributed by atoms with E-state index in [1.165, 1.54) is 0 Å². The van der Waals surface area contributed by atoms with E-state index in [-0.39, 0.29) is 0 Å². The van der Waals surface area contributed by atoms with E-state index in [4.69, 9.17) is 15.5 Å². The lowest BCUT2D eigenvalue weighted by atomic mass is 10.2. The Morgan fingerprint density at radius 3 is 2.09 bits per heavy atom. The number of nitrogens with two attached hydrogens (primary N) is 1. The summed E-state index contributed by atoms with van der Waals surface area (Å²) in [4.78, 5) is 17.6. The highest BCUT2D eigenvalue weighted by atomic mass is 31.2. The van der Waals surface area contributed by atoms with E-state index in [2.05, 4.69) is 0 Å². The first-order valence-electron chi connectivity index (χ1n) is 3.21. The third-order valence-corrected chi connectivity index (χ3v) is 2.16. The fourth-order valence-electron chi connectivity index (χ4n) is 0.765. The molecule has 0 radical (unpaired) electrons. The topological polar surface area (TPSA) is 66.5 Å². The lowest BCUT2D eigenvalue weighted by Crippen LogP contribution is -2.02. The van der Waals surface area contributed by atoms with E-state index in [9.17, 15) is 0 Å². The fraction of sp³-hybridized carbons (Fsp3) is 0.143. The minimum absolute atomic E-state index is 0.481. The normalized spacial score (nSPS) is 10.5. The minimum atomic E-state index is -1.95. The maximum Gasteiger partial charge on any atom is 0.199 e. The average molecular weight is 171 g/mol. The molecule has 0 aliphatic heterocycles. The molecule has 0 bridgehead atoms. The lowest BCUT2D eigenvalue weighted by Gasteiger charge is -2.02. The van der Waals surface area contributed by atoms with Crippen LogP contribution in [0.3, 0.4) is 0 Å². The van der Waals surface area contributed by atoms with Gasteiger partial charge in [-0.15, -0.1) is 0 Å². The van der Waals surface area contributed by atoms with Gasteiger partial charge in [0, 0.05) is 11.8 Å². The first-order chi connectivity index (χ1) is 5.24. The molecule has 4 heteroatoms. The van der Waals surface area contributed by atoms with Crippen molar-refractivity contribution in [3.8, 4) is 0 Å². The Balaban J connectivity index is 2.83. The van der Waals surface area contributed by atoms with Gasteiger partial charge >= 0.3 is 0 Å². The zero-order chi connectivity index (χ0) is 8.27. The molecule has 11 heavy (non-hydrogen) atoms. The third kappa shape index (κ3) is 2.24. The Labute approximate surface area is 66.4 Å². The second kappa shape index (κ2) is 3.79. The van der Waals surface area contributed by atoms with Crippen molar-refractivity contribution < 1.29 is 9.79 Å². The molecule has 1 aromatic carbocycles. The number of hydrogen-bond donors (Lipinski definition) is 3. The fourth-order valence-corrected chi connectivity index (χ4v) is 1.18. The summed E-state index contributed by atoms with van der Waals surface area (Å²) in [6, 6.07) is 6.93. The van der Waals surface area contributed by atoms with Crippen molar-refractivity contribution in [3.63, 3.8) is 0 Å². The molecular weight excluding hydrogens is 161 g/mol. The maximum atomic E-state index is 8.78. The number of rotatable bonds is 2. The van der Waals surface area contributed by atoms with E-state index in [0.717, 1.165) is 5.56 Å². The molecule has 1 aromatic rings. The Bertz CT molecular complexity index is 222. The molecule has 1 rings (SSSR count). The quantitative estimate of drug-likeness (QED) is 0.551. The van der Waals surface area contributed by atoms with Gasteiger partial charge in [-0.25, -0.2) is 0 Å². The first kappa shape index (κ1) is 8.62. The SMILES string of the molecule is NCc1ccc(P(O)O)cc1. The predicted molar refractivity (Wildman–Crippen MR) is 45.3 cm³/mol. The highest BCUT2D eigenvalue weighted by Crippen LogP contribution is 2.21. The lowest BCUT2D eigenvalue weighted by molar-refractivity contribution is 0.497. The Hall–Kier alpha value is -0.470. The van der Waals surface area contributed by atoms with Crippen LogP contribution >= 0.6 is 8.38 Å². The van der Waals surface area contributed by atoms with Gasteiger partial charge in [0.1, 0.15) is 0 Å². The van der Waals surface area contributed by atoms with E-state index < -0.39 is 8.38 Å². The van der Waals surface area contributed by atoms with Gasteiger partial charge in [-0.05, 0) is 17.7 Å². The summed E-state index contributed by atoms with van der Waals surface area (Å²) < 4.78 is 0. The van der Waals surface area contributed by atoms with Gasteiger partial charge in [0.25, 0.3) is 0 Å². The van der Waals surface area contributed by atoms with Crippen molar-refractivity contribution in [1.29, 1.82) is 0 Å². The molecule has 0 saturated carbocycles. The zero-order valence-corrected chi connectivity index (χ0v) is 6.83. The van der Waals surface area contributed by atoms with Crippen LogP contribution in [0.15, 0.2) is 24.3 Å². The molecular formula is C7H10NO2P. The van der Waals surface area contributed by atoms with Crippen LogP contribution in [0.4, 0.5) is 0 Å². The first-order valence-corrected chi connectivity index (χ1v) is 4.45. The standard InChI is InChI=1S/C7H10NO2P/c8-5-6-1-3-7(4-2-6)11(9)10/h1-4,9-10H,5,8H2. The van der Waals surface area contributed by atoms with Gasteiger partial charge in [0.2, 0.25) is 0 Å². The Morgan fingerprint density at radius 1 is 1.18 bits per heavy atom. The third-order valence-electron chi connectivity index (χ3n) is 1.40. The van der Waals surface area contributed by atoms with Crippen LogP contribution in [0, 0.1) is 0 Å². The molecule has 0 unspecified atom stereocenters. The van der Waals surface area contributed by atoms with Gasteiger partial charge in [-0.3, -0.25) is 0 Å². The van der Waals surface area contributed by atoms with E-state index >= 15 is 0 Å². The van der Waals surface area contributed by atoms with Gasteiger partial charge in [-0.2, -0.15) is 0 Å². The molecule has 0 heterocycles. The van der Waals surface area contributed by atoms with Crippen LogP contribution in [-0.4, -0.2) is 9.79 Å². The van der Waals surface area contributed by atoms with Crippen LogP contribution in [0.5, 0.6) is 0 Å². The van der Waals surface area contributed by atoms with E-state index in [0.29, 0.717) is 11.8 Å². The largest absolute Gasteiger partial charge is 0.347 e. The van der Waals surface area contributed by atoms with Crippen molar-refractivity contribution in [2.75, 3.05) is 0 Å². The van der Waals surface area contributed by atoms with Gasteiger partial charge < -0.3 is 15.5 Å². The van der Waals surface area contributed by atoms with Crippen molar-refractivity contribution in [2.24, 2.45) is 5.73 Å². The van der Waals surface area contributed by atoms with Gasteiger partial charge in [0.15, 0.2) is 8.38 Å². The molecule has 0 aliphatic carbocycles. The summed E-state index contributed by atoms with van der Waals surface area (Å²) in [5, 5.41) is 0.553. The minimum Gasteiger partial charge on any atom is -0.347 e. The molecule has 60 valence electrons. The van der Waals surface area contributed by atoms with Crippen molar-refractivity contribution in [3.05, 3.63) is 29.8 Å². The second-order valence-corrected chi connectivity index (χ2v) is 3.26. The highest BCUT2D eigenvalue weighted by molar-refractivity contribution is 7.54. The summed E-state index contributed by atoms with van der Waals surface area (Å²) in [5.74, 6) is 0. The van der Waals surface area contributed by atoms with Gasteiger partial charge in [-0.1, -0.05) is 12.1 Å². The second-order valence-electron chi connectivity index (χ2n) is 2.16. The van der Waals surface area contributed by atoms with Crippen molar-refractivity contribution in [2.45, 2.75) is 6.54 Å². The molecule has 0 saturated heterocycles. The van der Waals surface area contributed by atoms with Crippen LogP contribution in [0.25, 0.3) is 0 Å². The molecule has 0 atom stereocenters. The Morgan fingerprint density at radius 2 is 1.73 bits per heavy atom. The molecule has 4 N–H and O–H groups in total. The summed E-state index contributed by atoms with van der Waals surface area (Å²) in [6.45, 7) is 0.481. The molecule has 3 nitrogen and oxygen atoms in total. The molecule has 0 spiro atoms. The highest BCUT2D eigenvalue weighted by Gasteiger charge is 2.01. The average Bonchev–Trinajstić information content (AvgIpc) is 2.05. The number of hydrogen-bond acceptors (Lipinski definition) is 3. The van der Waals surface area contributed by atoms with Crippen LogP contribution in [-0.2, 0) is 6.54 Å². The molecule has 0 aromatic heterocycles. The van der Waals surface area contributed by atoms with Crippen LogP contribution < -0.4 is 11.0 Å². The van der Waals surface area contributed by atoms with Crippen molar-refractivity contribution in [1.82, 2.24) is 0 Å². The van der Waals surface area contributed by atoms with E-state index in [1.54, 1.807) is 24.3 Å². The van der Waals surface area contributed by atoms with E-state index in [1.807, 2.05) is 0 Å². The maximum absolute atomic E-state index is 8.78. The number of benzene rings is 1. The smallest absolute Gasteiger partial charge is 0.199 e. The van der Waals surface area contributed by atoms with Gasteiger partial charge in [0.05, 0.1) is 0 Å².